The van der Waals surface area contributed by atoms with Gasteiger partial charge < -0.3 is 19.9 Å². The first-order valence-corrected chi connectivity index (χ1v) is 7.30. The summed E-state index contributed by atoms with van der Waals surface area (Å²) in [6.45, 7) is 7.73. The molecule has 1 aliphatic heterocycles. The SMILES string of the molecule is Cc1cccc(C)c1OCC(O)CNC1CCOC1C. The van der Waals surface area contributed by atoms with Crippen molar-refractivity contribution >= 4 is 0 Å². The zero-order valence-corrected chi connectivity index (χ0v) is 12.6. The average Bonchev–Trinajstić information content (AvgIpc) is 2.81. The number of aliphatic hydroxyl groups excluding tert-OH is 1. The van der Waals surface area contributed by atoms with Crippen LogP contribution in [-0.2, 0) is 4.74 Å². The smallest absolute Gasteiger partial charge is 0.125 e. The molecule has 0 bridgehead atoms. The topological polar surface area (TPSA) is 50.7 Å². The first-order valence-electron chi connectivity index (χ1n) is 7.30. The highest BCUT2D eigenvalue weighted by atomic mass is 16.5. The number of aliphatic hydroxyl groups is 1. The summed E-state index contributed by atoms with van der Waals surface area (Å²) < 4.78 is 11.2. The molecule has 0 saturated carbocycles. The number of hydrogen-bond donors (Lipinski definition) is 2. The summed E-state index contributed by atoms with van der Waals surface area (Å²) in [5.41, 5.74) is 2.20. The van der Waals surface area contributed by atoms with Crippen molar-refractivity contribution in [1.82, 2.24) is 5.32 Å². The van der Waals surface area contributed by atoms with E-state index in [-0.39, 0.29) is 6.10 Å². The summed E-state index contributed by atoms with van der Waals surface area (Å²) in [6.07, 6.45) is 0.717. The summed E-state index contributed by atoms with van der Waals surface area (Å²) in [5, 5.41) is 13.4. The molecule has 0 aliphatic carbocycles. The lowest BCUT2D eigenvalue weighted by Gasteiger charge is -2.20. The highest BCUT2D eigenvalue weighted by Gasteiger charge is 2.24. The molecule has 1 aliphatic rings. The van der Waals surface area contributed by atoms with Gasteiger partial charge in [0, 0.05) is 19.2 Å². The van der Waals surface area contributed by atoms with Crippen LogP contribution in [0.3, 0.4) is 0 Å². The van der Waals surface area contributed by atoms with E-state index in [1.807, 2.05) is 32.0 Å². The van der Waals surface area contributed by atoms with E-state index in [1.54, 1.807) is 0 Å². The number of nitrogens with one attached hydrogen (secondary N) is 1. The predicted molar refractivity (Wildman–Crippen MR) is 79.2 cm³/mol. The van der Waals surface area contributed by atoms with E-state index in [9.17, 15) is 5.11 Å². The molecule has 0 radical (unpaired) electrons. The minimum Gasteiger partial charge on any atom is -0.490 e. The van der Waals surface area contributed by atoms with Crippen LogP contribution in [0.15, 0.2) is 18.2 Å². The molecular formula is C16H25NO3. The van der Waals surface area contributed by atoms with E-state index < -0.39 is 6.10 Å². The molecule has 0 amide bonds. The fourth-order valence-corrected chi connectivity index (χ4v) is 2.55. The van der Waals surface area contributed by atoms with Crippen LogP contribution in [0.4, 0.5) is 0 Å². The fraction of sp³-hybridized carbons (Fsp3) is 0.625. The zero-order chi connectivity index (χ0) is 14.5. The van der Waals surface area contributed by atoms with Gasteiger partial charge in [0.15, 0.2) is 0 Å². The quantitative estimate of drug-likeness (QED) is 0.834. The van der Waals surface area contributed by atoms with Gasteiger partial charge in [-0.15, -0.1) is 0 Å². The molecular weight excluding hydrogens is 254 g/mol. The van der Waals surface area contributed by atoms with Gasteiger partial charge >= 0.3 is 0 Å². The average molecular weight is 279 g/mol. The molecule has 1 saturated heterocycles. The Kier molecular flexibility index (Phi) is 5.40. The van der Waals surface area contributed by atoms with Crippen LogP contribution >= 0.6 is 0 Å². The molecule has 20 heavy (non-hydrogen) atoms. The van der Waals surface area contributed by atoms with Gasteiger partial charge in [0.25, 0.3) is 0 Å². The van der Waals surface area contributed by atoms with Gasteiger partial charge in [-0.25, -0.2) is 0 Å². The standard InChI is InChI=1S/C16H25NO3/c1-11-5-4-6-12(2)16(11)20-10-14(18)9-17-15-7-8-19-13(15)3/h4-6,13-15,17-18H,7-10H2,1-3H3. The highest BCUT2D eigenvalue weighted by Crippen LogP contribution is 2.22. The summed E-state index contributed by atoms with van der Waals surface area (Å²) in [5.74, 6) is 0.879. The minimum absolute atomic E-state index is 0.224. The summed E-state index contributed by atoms with van der Waals surface area (Å²) >= 11 is 0. The molecule has 2 N–H and O–H groups in total. The van der Waals surface area contributed by atoms with Crippen molar-refractivity contribution in [2.45, 2.75) is 45.4 Å². The third-order valence-corrected chi connectivity index (χ3v) is 3.82. The number of para-hydroxylation sites is 1. The number of rotatable bonds is 6. The molecule has 0 spiro atoms. The van der Waals surface area contributed by atoms with E-state index in [2.05, 4.69) is 12.2 Å². The van der Waals surface area contributed by atoms with E-state index in [0.29, 0.717) is 19.2 Å². The van der Waals surface area contributed by atoms with Crippen molar-refractivity contribution in [3.05, 3.63) is 29.3 Å². The molecule has 0 aromatic heterocycles. The summed E-state index contributed by atoms with van der Waals surface area (Å²) in [4.78, 5) is 0. The second-order valence-corrected chi connectivity index (χ2v) is 5.57. The van der Waals surface area contributed by atoms with E-state index in [0.717, 1.165) is 29.9 Å². The number of benzene rings is 1. The highest BCUT2D eigenvalue weighted by molar-refractivity contribution is 5.39. The second-order valence-electron chi connectivity index (χ2n) is 5.57. The summed E-state index contributed by atoms with van der Waals surface area (Å²) in [6, 6.07) is 6.39. The van der Waals surface area contributed by atoms with Crippen LogP contribution in [-0.4, -0.2) is 43.1 Å². The normalized spacial score (nSPS) is 23.8. The van der Waals surface area contributed by atoms with Crippen LogP contribution in [0.1, 0.15) is 24.5 Å². The molecule has 1 heterocycles. The summed E-state index contributed by atoms with van der Waals surface area (Å²) in [7, 11) is 0. The monoisotopic (exact) mass is 279 g/mol. The van der Waals surface area contributed by atoms with Crippen molar-refractivity contribution in [3.63, 3.8) is 0 Å². The molecule has 4 heteroatoms. The molecule has 1 aromatic rings. The maximum absolute atomic E-state index is 10.0. The van der Waals surface area contributed by atoms with Gasteiger partial charge in [-0.2, -0.15) is 0 Å². The van der Waals surface area contributed by atoms with E-state index in [1.165, 1.54) is 0 Å². The van der Waals surface area contributed by atoms with Gasteiger partial charge in [0.2, 0.25) is 0 Å². The Morgan fingerprint density at radius 2 is 2.10 bits per heavy atom. The van der Waals surface area contributed by atoms with Crippen molar-refractivity contribution in [1.29, 1.82) is 0 Å². The molecule has 1 fully saturated rings. The molecule has 4 nitrogen and oxygen atoms in total. The Morgan fingerprint density at radius 1 is 1.40 bits per heavy atom. The van der Waals surface area contributed by atoms with Crippen molar-refractivity contribution in [2.24, 2.45) is 0 Å². The van der Waals surface area contributed by atoms with Crippen molar-refractivity contribution in [2.75, 3.05) is 19.8 Å². The molecule has 2 rings (SSSR count). The lowest BCUT2D eigenvalue weighted by atomic mass is 10.1. The van der Waals surface area contributed by atoms with Gasteiger partial charge in [-0.05, 0) is 38.3 Å². The lowest BCUT2D eigenvalue weighted by molar-refractivity contribution is 0.0893. The van der Waals surface area contributed by atoms with Crippen molar-refractivity contribution in [3.8, 4) is 5.75 Å². The van der Waals surface area contributed by atoms with Crippen LogP contribution in [0, 0.1) is 13.8 Å². The van der Waals surface area contributed by atoms with Gasteiger partial charge in [0.1, 0.15) is 18.5 Å². The lowest BCUT2D eigenvalue weighted by Crippen LogP contribution is -2.41. The zero-order valence-electron chi connectivity index (χ0n) is 12.6. The Hall–Kier alpha value is -1.10. The number of aryl methyl sites for hydroxylation is 2. The Balaban J connectivity index is 1.76. The Bertz CT molecular complexity index is 415. The van der Waals surface area contributed by atoms with Crippen LogP contribution in [0.2, 0.25) is 0 Å². The number of ether oxygens (including phenoxy) is 2. The minimum atomic E-state index is -0.512. The third kappa shape index (κ3) is 3.95. The van der Waals surface area contributed by atoms with Gasteiger partial charge in [-0.3, -0.25) is 0 Å². The molecule has 3 unspecified atom stereocenters. The Labute approximate surface area is 121 Å². The van der Waals surface area contributed by atoms with Crippen LogP contribution in [0.25, 0.3) is 0 Å². The van der Waals surface area contributed by atoms with Gasteiger partial charge in [-0.1, -0.05) is 18.2 Å². The first-order chi connectivity index (χ1) is 9.58. The second kappa shape index (κ2) is 7.07. The third-order valence-electron chi connectivity index (χ3n) is 3.82. The fourth-order valence-electron chi connectivity index (χ4n) is 2.55. The maximum Gasteiger partial charge on any atom is 0.125 e. The Morgan fingerprint density at radius 3 is 2.70 bits per heavy atom. The number of hydrogen-bond acceptors (Lipinski definition) is 4. The van der Waals surface area contributed by atoms with Crippen LogP contribution in [0.5, 0.6) is 5.75 Å². The van der Waals surface area contributed by atoms with E-state index >= 15 is 0 Å². The molecule has 3 atom stereocenters. The van der Waals surface area contributed by atoms with Gasteiger partial charge in [0.05, 0.1) is 6.10 Å². The predicted octanol–water partition coefficient (Wildman–Crippen LogP) is 1.81. The van der Waals surface area contributed by atoms with Crippen molar-refractivity contribution < 1.29 is 14.6 Å². The van der Waals surface area contributed by atoms with Crippen LogP contribution < -0.4 is 10.1 Å². The first kappa shape index (κ1) is 15.3. The largest absolute Gasteiger partial charge is 0.490 e. The van der Waals surface area contributed by atoms with E-state index in [4.69, 9.17) is 9.47 Å². The molecule has 1 aromatic carbocycles. The maximum atomic E-state index is 10.0. The molecule has 112 valence electrons.